The van der Waals surface area contributed by atoms with Gasteiger partial charge in [-0.25, -0.2) is 0 Å². The SMILES string of the molecule is CC1CCC23CCC(O)C(CC12)C3. The third-order valence-corrected chi connectivity index (χ3v) is 5.28. The molecule has 5 atom stereocenters. The summed E-state index contributed by atoms with van der Waals surface area (Å²) in [7, 11) is 0. The smallest absolute Gasteiger partial charge is 0.0568 e. The van der Waals surface area contributed by atoms with Crippen LogP contribution in [0.15, 0.2) is 0 Å². The van der Waals surface area contributed by atoms with Crippen LogP contribution in [-0.4, -0.2) is 11.2 Å². The Morgan fingerprint density at radius 1 is 1.23 bits per heavy atom. The van der Waals surface area contributed by atoms with Crippen molar-refractivity contribution < 1.29 is 5.11 Å². The molecule has 3 aliphatic rings. The van der Waals surface area contributed by atoms with Crippen LogP contribution in [-0.2, 0) is 0 Å². The van der Waals surface area contributed by atoms with Gasteiger partial charge in [-0.3, -0.25) is 0 Å². The zero-order valence-electron chi connectivity index (χ0n) is 8.50. The molecule has 0 amide bonds. The molecule has 13 heavy (non-hydrogen) atoms. The minimum Gasteiger partial charge on any atom is -0.393 e. The fraction of sp³-hybridized carbons (Fsp3) is 1.00. The third-order valence-electron chi connectivity index (χ3n) is 5.28. The van der Waals surface area contributed by atoms with Crippen LogP contribution in [0, 0.1) is 23.2 Å². The molecule has 0 aromatic heterocycles. The lowest BCUT2D eigenvalue weighted by Gasteiger charge is -2.35. The molecule has 0 aromatic carbocycles. The molecule has 1 heteroatoms. The van der Waals surface area contributed by atoms with Crippen molar-refractivity contribution in [1.82, 2.24) is 0 Å². The number of aliphatic hydroxyl groups is 1. The van der Waals surface area contributed by atoms with Crippen LogP contribution in [0.5, 0.6) is 0 Å². The second-order valence-electron chi connectivity index (χ2n) is 5.79. The summed E-state index contributed by atoms with van der Waals surface area (Å²) in [5, 5.41) is 9.83. The highest BCUT2D eigenvalue weighted by atomic mass is 16.3. The largest absolute Gasteiger partial charge is 0.393 e. The van der Waals surface area contributed by atoms with Crippen LogP contribution in [0.2, 0.25) is 0 Å². The van der Waals surface area contributed by atoms with Crippen LogP contribution in [0.3, 0.4) is 0 Å². The van der Waals surface area contributed by atoms with Crippen molar-refractivity contribution in [2.24, 2.45) is 23.2 Å². The van der Waals surface area contributed by atoms with E-state index < -0.39 is 0 Å². The Balaban J connectivity index is 1.91. The quantitative estimate of drug-likeness (QED) is 0.607. The Labute approximate surface area is 80.5 Å². The van der Waals surface area contributed by atoms with Gasteiger partial charge in [-0.1, -0.05) is 6.92 Å². The van der Waals surface area contributed by atoms with Crippen LogP contribution >= 0.6 is 0 Å². The van der Waals surface area contributed by atoms with Crippen LogP contribution in [0.4, 0.5) is 0 Å². The fourth-order valence-corrected chi connectivity index (χ4v) is 4.55. The van der Waals surface area contributed by atoms with E-state index >= 15 is 0 Å². The molecule has 1 spiro atoms. The summed E-state index contributed by atoms with van der Waals surface area (Å²) in [6, 6.07) is 0. The number of hydrogen-bond acceptors (Lipinski definition) is 1. The lowest BCUT2D eigenvalue weighted by atomic mass is 9.71. The third kappa shape index (κ3) is 0.971. The van der Waals surface area contributed by atoms with Gasteiger partial charge in [-0.15, -0.1) is 0 Å². The zero-order chi connectivity index (χ0) is 9.05. The second kappa shape index (κ2) is 2.50. The molecule has 1 nitrogen and oxygen atoms in total. The highest BCUT2D eigenvalue weighted by molar-refractivity contribution is 5.06. The predicted molar refractivity (Wildman–Crippen MR) is 52.3 cm³/mol. The van der Waals surface area contributed by atoms with Crippen molar-refractivity contribution in [1.29, 1.82) is 0 Å². The molecule has 74 valence electrons. The summed E-state index contributed by atoms with van der Waals surface area (Å²) in [5.74, 6) is 2.58. The molecule has 5 unspecified atom stereocenters. The van der Waals surface area contributed by atoms with Crippen LogP contribution in [0.25, 0.3) is 0 Å². The Morgan fingerprint density at radius 3 is 2.85 bits per heavy atom. The maximum atomic E-state index is 9.83. The summed E-state index contributed by atoms with van der Waals surface area (Å²) in [6.45, 7) is 2.42. The lowest BCUT2D eigenvalue weighted by molar-refractivity contribution is 0.0470. The monoisotopic (exact) mass is 180 g/mol. The molecular formula is C12H20O. The number of rotatable bonds is 0. The van der Waals surface area contributed by atoms with E-state index in [2.05, 4.69) is 6.92 Å². The first-order valence-corrected chi connectivity index (χ1v) is 5.89. The molecule has 3 rings (SSSR count). The Morgan fingerprint density at radius 2 is 2.00 bits per heavy atom. The van der Waals surface area contributed by atoms with Gasteiger partial charge in [0.2, 0.25) is 0 Å². The Bertz CT molecular complexity index is 225. The maximum Gasteiger partial charge on any atom is 0.0568 e. The highest BCUT2D eigenvalue weighted by Crippen LogP contribution is 2.64. The molecule has 1 N–H and O–H groups in total. The minimum absolute atomic E-state index is 0.0448. The fourth-order valence-electron chi connectivity index (χ4n) is 4.55. The van der Waals surface area contributed by atoms with E-state index in [4.69, 9.17) is 0 Å². The zero-order valence-corrected chi connectivity index (χ0v) is 8.50. The van der Waals surface area contributed by atoms with Crippen molar-refractivity contribution in [2.45, 2.75) is 51.6 Å². The Hall–Kier alpha value is -0.0400. The van der Waals surface area contributed by atoms with Gasteiger partial charge in [0, 0.05) is 0 Å². The van der Waals surface area contributed by atoms with Gasteiger partial charge in [-0.05, 0) is 61.7 Å². The second-order valence-corrected chi connectivity index (χ2v) is 5.79. The van der Waals surface area contributed by atoms with E-state index in [9.17, 15) is 5.11 Å². The summed E-state index contributed by atoms with van der Waals surface area (Å²) >= 11 is 0. The van der Waals surface area contributed by atoms with Crippen molar-refractivity contribution >= 4 is 0 Å². The Kier molecular flexibility index (Phi) is 1.59. The molecule has 3 fully saturated rings. The van der Waals surface area contributed by atoms with Gasteiger partial charge in [0.25, 0.3) is 0 Å². The van der Waals surface area contributed by atoms with Crippen molar-refractivity contribution in [3.05, 3.63) is 0 Å². The molecular weight excluding hydrogens is 160 g/mol. The molecule has 3 saturated carbocycles. The van der Waals surface area contributed by atoms with Crippen molar-refractivity contribution in [3.8, 4) is 0 Å². The van der Waals surface area contributed by atoms with Gasteiger partial charge in [0.1, 0.15) is 0 Å². The molecule has 0 radical (unpaired) electrons. The summed E-state index contributed by atoms with van der Waals surface area (Å²) in [6.07, 6.45) is 8.05. The van der Waals surface area contributed by atoms with Gasteiger partial charge in [0.15, 0.2) is 0 Å². The van der Waals surface area contributed by atoms with E-state index in [1.165, 1.54) is 32.1 Å². The average molecular weight is 180 g/mol. The van der Waals surface area contributed by atoms with Gasteiger partial charge in [0.05, 0.1) is 6.10 Å². The topological polar surface area (TPSA) is 20.2 Å². The first-order chi connectivity index (χ1) is 6.21. The predicted octanol–water partition coefficient (Wildman–Crippen LogP) is 2.58. The molecule has 0 saturated heterocycles. The number of fused-ring (bicyclic) bond motifs is 1. The van der Waals surface area contributed by atoms with Gasteiger partial charge < -0.3 is 5.11 Å². The van der Waals surface area contributed by atoms with E-state index in [-0.39, 0.29) is 6.10 Å². The summed E-state index contributed by atoms with van der Waals surface area (Å²) in [5.41, 5.74) is 0.698. The summed E-state index contributed by atoms with van der Waals surface area (Å²) < 4.78 is 0. The van der Waals surface area contributed by atoms with Gasteiger partial charge in [-0.2, -0.15) is 0 Å². The molecule has 2 bridgehead atoms. The maximum absolute atomic E-state index is 9.83. The lowest BCUT2D eigenvalue weighted by Crippen LogP contribution is -2.29. The summed E-state index contributed by atoms with van der Waals surface area (Å²) in [4.78, 5) is 0. The van der Waals surface area contributed by atoms with Crippen molar-refractivity contribution in [3.63, 3.8) is 0 Å². The molecule has 0 heterocycles. The minimum atomic E-state index is 0.0448. The molecule has 0 aliphatic heterocycles. The molecule has 0 aromatic rings. The highest BCUT2D eigenvalue weighted by Gasteiger charge is 2.56. The normalized spacial score (nSPS) is 59.5. The number of hydrogen-bond donors (Lipinski definition) is 1. The van der Waals surface area contributed by atoms with Gasteiger partial charge >= 0.3 is 0 Å². The van der Waals surface area contributed by atoms with Crippen LogP contribution < -0.4 is 0 Å². The van der Waals surface area contributed by atoms with E-state index in [0.717, 1.165) is 18.3 Å². The van der Waals surface area contributed by atoms with Crippen LogP contribution in [0.1, 0.15) is 45.4 Å². The average Bonchev–Trinajstić information content (AvgIpc) is 2.58. The first kappa shape index (κ1) is 8.28. The van der Waals surface area contributed by atoms with E-state index in [0.29, 0.717) is 11.3 Å². The first-order valence-electron chi connectivity index (χ1n) is 5.89. The number of aliphatic hydroxyl groups excluding tert-OH is 1. The standard InChI is InChI=1S/C12H20O/c1-8-2-4-12-5-3-11(13)9(7-12)6-10(8)12/h8-11,13H,2-7H2,1H3. The van der Waals surface area contributed by atoms with Crippen molar-refractivity contribution in [2.75, 3.05) is 0 Å². The van der Waals surface area contributed by atoms with E-state index in [1.54, 1.807) is 0 Å². The van der Waals surface area contributed by atoms with E-state index in [1.807, 2.05) is 0 Å². The molecule has 3 aliphatic carbocycles.